The number of aromatic nitrogens is 1. The van der Waals surface area contributed by atoms with Gasteiger partial charge in [-0.05, 0) is 50.3 Å². The molecule has 0 N–H and O–H groups in total. The summed E-state index contributed by atoms with van der Waals surface area (Å²) in [5, 5.41) is 0.0943. The van der Waals surface area contributed by atoms with E-state index in [1.54, 1.807) is 6.92 Å². The number of Topliss-reactive ketones (excluding diaryl/α,β-unsaturated/α-hetero) is 1. The Bertz CT molecular complexity index is 909. The summed E-state index contributed by atoms with van der Waals surface area (Å²) in [4.78, 5) is 29.4. The molecule has 1 fully saturated rings. The standard InChI is InChI=1S/C20H19ClF3NO2S/c1-10-3-4-12(7-10)18(27)15(9-26)17-11(2)28-19(25-17)14-6-5-13(21)8-16(14)20(22,23)24/h5-6,8-10,12,15H,3-4,7H2,1-2H3/t10-,12-,15?/m1/s1. The molecule has 1 aliphatic rings. The van der Waals surface area contributed by atoms with Crippen LogP contribution in [-0.4, -0.2) is 17.1 Å². The monoisotopic (exact) mass is 429 g/mol. The van der Waals surface area contributed by atoms with E-state index in [0.29, 0.717) is 17.1 Å². The van der Waals surface area contributed by atoms with Gasteiger partial charge in [-0.25, -0.2) is 4.98 Å². The van der Waals surface area contributed by atoms with Crippen molar-refractivity contribution in [2.24, 2.45) is 11.8 Å². The molecule has 2 aromatic rings. The fourth-order valence-electron chi connectivity index (χ4n) is 3.74. The van der Waals surface area contributed by atoms with Gasteiger partial charge in [0.15, 0.2) is 5.78 Å². The second kappa shape index (κ2) is 7.95. The number of thiazole rings is 1. The minimum Gasteiger partial charge on any atom is -0.302 e. The predicted octanol–water partition coefficient (Wildman–Crippen LogP) is 6.08. The van der Waals surface area contributed by atoms with E-state index in [9.17, 15) is 22.8 Å². The quantitative estimate of drug-likeness (QED) is 0.427. The molecule has 0 aliphatic heterocycles. The molecule has 1 unspecified atom stereocenters. The average Bonchev–Trinajstić information content (AvgIpc) is 3.21. The fourth-order valence-corrected chi connectivity index (χ4v) is 4.91. The summed E-state index contributed by atoms with van der Waals surface area (Å²) >= 11 is 6.78. The molecule has 0 amide bonds. The Morgan fingerprint density at radius 2 is 2.07 bits per heavy atom. The molecular weight excluding hydrogens is 411 g/mol. The number of rotatable bonds is 5. The van der Waals surface area contributed by atoms with Crippen LogP contribution >= 0.6 is 22.9 Å². The number of aryl methyl sites for hydroxylation is 1. The number of halogens is 4. The van der Waals surface area contributed by atoms with Crippen molar-refractivity contribution in [2.45, 2.75) is 45.2 Å². The Morgan fingerprint density at radius 1 is 1.36 bits per heavy atom. The smallest absolute Gasteiger partial charge is 0.302 e. The number of carbonyl (C=O) groups excluding carboxylic acids is 2. The summed E-state index contributed by atoms with van der Waals surface area (Å²) in [6.07, 6.45) is -1.64. The van der Waals surface area contributed by atoms with Gasteiger partial charge in [0.2, 0.25) is 0 Å². The molecule has 0 saturated heterocycles. The first-order valence-corrected chi connectivity index (χ1v) is 10.1. The number of aldehydes is 1. The highest BCUT2D eigenvalue weighted by atomic mass is 35.5. The molecule has 3 atom stereocenters. The van der Waals surface area contributed by atoms with Gasteiger partial charge in [0.25, 0.3) is 0 Å². The summed E-state index contributed by atoms with van der Waals surface area (Å²) in [5.41, 5.74) is -0.746. The van der Waals surface area contributed by atoms with Crippen molar-refractivity contribution >= 4 is 35.0 Å². The van der Waals surface area contributed by atoms with Crippen molar-refractivity contribution in [1.29, 1.82) is 0 Å². The highest BCUT2D eigenvalue weighted by molar-refractivity contribution is 7.15. The van der Waals surface area contributed by atoms with Crippen LogP contribution in [-0.2, 0) is 15.8 Å². The maximum Gasteiger partial charge on any atom is 0.417 e. The molecule has 1 saturated carbocycles. The van der Waals surface area contributed by atoms with Crippen LogP contribution in [0.15, 0.2) is 18.2 Å². The molecule has 3 nitrogen and oxygen atoms in total. The van der Waals surface area contributed by atoms with Gasteiger partial charge in [-0.2, -0.15) is 13.2 Å². The summed E-state index contributed by atoms with van der Waals surface area (Å²) in [6.45, 7) is 3.73. The van der Waals surface area contributed by atoms with Gasteiger partial charge in [0.1, 0.15) is 17.2 Å². The van der Waals surface area contributed by atoms with Gasteiger partial charge in [0, 0.05) is 21.4 Å². The predicted molar refractivity (Wildman–Crippen MR) is 103 cm³/mol. The van der Waals surface area contributed by atoms with E-state index in [1.165, 1.54) is 12.1 Å². The van der Waals surface area contributed by atoms with Crippen LogP contribution in [0.1, 0.15) is 48.2 Å². The Labute approximate surface area is 169 Å². The molecule has 0 spiro atoms. The normalized spacial score (nSPS) is 20.9. The zero-order chi connectivity index (χ0) is 20.6. The number of benzene rings is 1. The molecule has 8 heteroatoms. The Kier molecular flexibility index (Phi) is 5.96. The largest absolute Gasteiger partial charge is 0.417 e. The zero-order valence-electron chi connectivity index (χ0n) is 15.3. The number of hydrogen-bond donors (Lipinski definition) is 0. The highest BCUT2D eigenvalue weighted by Crippen LogP contribution is 2.42. The number of ketones is 1. The molecule has 28 heavy (non-hydrogen) atoms. The van der Waals surface area contributed by atoms with Crippen molar-refractivity contribution in [3.63, 3.8) is 0 Å². The molecule has 150 valence electrons. The van der Waals surface area contributed by atoms with Crippen LogP contribution in [0.25, 0.3) is 10.6 Å². The third kappa shape index (κ3) is 4.15. The molecular formula is C20H19ClF3NO2S. The van der Waals surface area contributed by atoms with E-state index in [2.05, 4.69) is 11.9 Å². The first-order valence-electron chi connectivity index (χ1n) is 8.95. The van der Waals surface area contributed by atoms with E-state index < -0.39 is 17.7 Å². The molecule has 1 aromatic carbocycles. The maximum absolute atomic E-state index is 13.4. The Balaban J connectivity index is 2.00. The number of alkyl halides is 3. The minimum absolute atomic E-state index is 0.0270. The van der Waals surface area contributed by atoms with E-state index in [4.69, 9.17) is 11.6 Å². The van der Waals surface area contributed by atoms with Gasteiger partial charge in [0.05, 0.1) is 11.3 Å². The summed E-state index contributed by atoms with van der Waals surface area (Å²) < 4.78 is 40.3. The Morgan fingerprint density at radius 3 is 2.64 bits per heavy atom. The lowest BCUT2D eigenvalue weighted by atomic mass is 9.89. The molecule has 1 heterocycles. The highest BCUT2D eigenvalue weighted by Gasteiger charge is 2.37. The molecule has 0 radical (unpaired) electrons. The molecule has 0 bridgehead atoms. The zero-order valence-corrected chi connectivity index (χ0v) is 16.9. The van der Waals surface area contributed by atoms with Crippen LogP contribution in [0.2, 0.25) is 5.02 Å². The fraction of sp³-hybridized carbons (Fsp3) is 0.450. The van der Waals surface area contributed by atoms with Crippen LogP contribution < -0.4 is 0 Å². The van der Waals surface area contributed by atoms with Crippen LogP contribution in [0.3, 0.4) is 0 Å². The van der Waals surface area contributed by atoms with Gasteiger partial charge >= 0.3 is 6.18 Å². The summed E-state index contributed by atoms with van der Waals surface area (Å²) in [7, 11) is 0. The summed E-state index contributed by atoms with van der Waals surface area (Å²) in [6, 6.07) is 3.49. The van der Waals surface area contributed by atoms with Crippen LogP contribution in [0.5, 0.6) is 0 Å². The van der Waals surface area contributed by atoms with Gasteiger partial charge in [-0.15, -0.1) is 11.3 Å². The van der Waals surface area contributed by atoms with Crippen molar-refractivity contribution in [2.75, 3.05) is 0 Å². The third-order valence-electron chi connectivity index (χ3n) is 5.18. The van der Waals surface area contributed by atoms with Gasteiger partial charge < -0.3 is 4.79 Å². The minimum atomic E-state index is -4.60. The van der Waals surface area contributed by atoms with E-state index in [-0.39, 0.29) is 33.0 Å². The topological polar surface area (TPSA) is 47.0 Å². The third-order valence-corrected chi connectivity index (χ3v) is 6.44. The second-order valence-corrected chi connectivity index (χ2v) is 8.92. The summed E-state index contributed by atoms with van der Waals surface area (Å²) in [5.74, 6) is -0.999. The van der Waals surface area contributed by atoms with Crippen molar-refractivity contribution in [3.05, 3.63) is 39.4 Å². The van der Waals surface area contributed by atoms with Gasteiger partial charge in [-0.1, -0.05) is 18.5 Å². The van der Waals surface area contributed by atoms with E-state index >= 15 is 0 Å². The van der Waals surface area contributed by atoms with E-state index in [0.717, 1.165) is 36.7 Å². The maximum atomic E-state index is 13.4. The number of nitrogens with zero attached hydrogens (tertiary/aromatic N) is 1. The van der Waals surface area contributed by atoms with Crippen molar-refractivity contribution in [3.8, 4) is 10.6 Å². The van der Waals surface area contributed by atoms with Crippen LogP contribution in [0.4, 0.5) is 13.2 Å². The molecule has 1 aromatic heterocycles. The molecule has 1 aliphatic carbocycles. The molecule has 3 rings (SSSR count). The van der Waals surface area contributed by atoms with E-state index in [1.807, 2.05) is 0 Å². The number of carbonyl (C=O) groups is 2. The second-order valence-electron chi connectivity index (χ2n) is 7.28. The van der Waals surface area contributed by atoms with Crippen LogP contribution in [0, 0.1) is 18.8 Å². The van der Waals surface area contributed by atoms with Crippen molar-refractivity contribution in [1.82, 2.24) is 4.98 Å². The SMILES string of the molecule is Cc1sc(-c2ccc(Cl)cc2C(F)(F)F)nc1C(C=O)C(=O)[C@@H]1CC[C@@H](C)C1. The lowest BCUT2D eigenvalue weighted by Gasteiger charge is -2.14. The van der Waals surface area contributed by atoms with Crippen molar-refractivity contribution < 1.29 is 22.8 Å². The average molecular weight is 430 g/mol. The number of hydrogen-bond acceptors (Lipinski definition) is 4. The van der Waals surface area contributed by atoms with Gasteiger partial charge in [-0.3, -0.25) is 4.79 Å². The first-order chi connectivity index (χ1) is 13.1. The Hall–Kier alpha value is -1.73. The first kappa shape index (κ1) is 21.0. The lowest BCUT2D eigenvalue weighted by molar-refractivity contribution is -0.137. The lowest BCUT2D eigenvalue weighted by Crippen LogP contribution is -2.22.